The van der Waals surface area contributed by atoms with E-state index in [4.69, 9.17) is 10.00 Å². The molecule has 0 aliphatic carbocycles. The van der Waals surface area contributed by atoms with Crippen molar-refractivity contribution in [1.82, 2.24) is 0 Å². The Hall–Kier alpha value is -2.80. The van der Waals surface area contributed by atoms with Gasteiger partial charge in [-0.05, 0) is 42.7 Å². The molecular weight excluding hydrogens is 288 g/mol. The second kappa shape index (κ2) is 6.53. The Balaban J connectivity index is 1.65. The largest absolute Gasteiger partial charge is 0.484 e. The highest BCUT2D eigenvalue weighted by Crippen LogP contribution is 2.31. The highest BCUT2D eigenvalue weighted by molar-refractivity contribution is 5.97. The van der Waals surface area contributed by atoms with Crippen molar-refractivity contribution in [3.8, 4) is 11.8 Å². The molecule has 0 spiro atoms. The van der Waals surface area contributed by atoms with Gasteiger partial charge >= 0.3 is 0 Å². The quantitative estimate of drug-likeness (QED) is 0.872. The van der Waals surface area contributed by atoms with Gasteiger partial charge in [0.05, 0.1) is 12.5 Å². The Morgan fingerprint density at radius 1 is 1.26 bits per heavy atom. The first-order valence-corrected chi connectivity index (χ1v) is 7.67. The third-order valence-electron chi connectivity index (χ3n) is 4.04. The summed E-state index contributed by atoms with van der Waals surface area (Å²) in [7, 11) is 0. The molecule has 1 heterocycles. The second-order valence-electron chi connectivity index (χ2n) is 5.71. The molecule has 0 saturated heterocycles. The highest BCUT2D eigenvalue weighted by Gasteiger charge is 2.30. The fourth-order valence-electron chi connectivity index (χ4n) is 2.96. The lowest BCUT2D eigenvalue weighted by atomic mass is 10.1. The van der Waals surface area contributed by atoms with Gasteiger partial charge in [0.2, 0.25) is 0 Å². The molecule has 0 bridgehead atoms. The van der Waals surface area contributed by atoms with E-state index in [1.165, 1.54) is 5.56 Å². The zero-order valence-electron chi connectivity index (χ0n) is 13.0. The zero-order chi connectivity index (χ0) is 16.2. The first kappa shape index (κ1) is 15.1. The van der Waals surface area contributed by atoms with Gasteiger partial charge in [0.15, 0.2) is 6.61 Å². The number of carbonyl (C=O) groups excluding carboxylic acids is 1. The number of amides is 1. The fourth-order valence-corrected chi connectivity index (χ4v) is 2.96. The van der Waals surface area contributed by atoms with Crippen LogP contribution in [0.15, 0.2) is 48.5 Å². The average Bonchev–Trinajstić information content (AvgIpc) is 2.90. The van der Waals surface area contributed by atoms with E-state index in [0.717, 1.165) is 17.7 Å². The molecule has 116 valence electrons. The van der Waals surface area contributed by atoms with E-state index < -0.39 is 0 Å². The lowest BCUT2D eigenvalue weighted by Crippen LogP contribution is -2.39. The first-order valence-electron chi connectivity index (χ1n) is 7.67. The van der Waals surface area contributed by atoms with Gasteiger partial charge in [-0.3, -0.25) is 4.79 Å². The second-order valence-corrected chi connectivity index (χ2v) is 5.71. The molecule has 1 aliphatic rings. The predicted octanol–water partition coefficient (Wildman–Crippen LogP) is 3.11. The van der Waals surface area contributed by atoms with E-state index in [0.29, 0.717) is 12.2 Å². The van der Waals surface area contributed by atoms with Crippen molar-refractivity contribution >= 4 is 11.6 Å². The molecule has 0 saturated carbocycles. The number of benzene rings is 2. The van der Waals surface area contributed by atoms with Gasteiger partial charge in [0, 0.05) is 11.7 Å². The molecule has 0 radical (unpaired) electrons. The smallest absolute Gasteiger partial charge is 0.265 e. The topological polar surface area (TPSA) is 53.3 Å². The molecule has 2 aromatic carbocycles. The number of anilines is 1. The summed E-state index contributed by atoms with van der Waals surface area (Å²) in [4.78, 5) is 14.3. The summed E-state index contributed by atoms with van der Waals surface area (Å²) in [6.07, 6.45) is 1.26. The number of ether oxygens (including phenoxy) is 1. The van der Waals surface area contributed by atoms with Crippen LogP contribution in [0.5, 0.6) is 5.75 Å². The molecule has 2 aromatic rings. The number of nitriles is 1. The maximum absolute atomic E-state index is 12.5. The SMILES string of the molecule is CC1Cc2ccccc2N1C(=O)COc1ccc(CC#N)cc1. The van der Waals surface area contributed by atoms with Gasteiger partial charge in [-0.25, -0.2) is 0 Å². The van der Waals surface area contributed by atoms with E-state index >= 15 is 0 Å². The number of rotatable bonds is 4. The summed E-state index contributed by atoms with van der Waals surface area (Å²) in [5.74, 6) is 0.601. The van der Waals surface area contributed by atoms with Crippen LogP contribution in [0.2, 0.25) is 0 Å². The Labute approximate surface area is 135 Å². The van der Waals surface area contributed by atoms with Crippen molar-refractivity contribution in [3.63, 3.8) is 0 Å². The maximum Gasteiger partial charge on any atom is 0.265 e. The molecule has 0 aromatic heterocycles. The van der Waals surface area contributed by atoms with E-state index in [9.17, 15) is 4.79 Å². The summed E-state index contributed by atoms with van der Waals surface area (Å²) in [6.45, 7) is 2.06. The Morgan fingerprint density at radius 2 is 2.00 bits per heavy atom. The lowest BCUT2D eigenvalue weighted by molar-refractivity contribution is -0.120. The Bertz CT molecular complexity index is 747. The van der Waals surface area contributed by atoms with Gasteiger partial charge in [-0.1, -0.05) is 30.3 Å². The fraction of sp³-hybridized carbons (Fsp3) is 0.263. The maximum atomic E-state index is 12.5. The van der Waals surface area contributed by atoms with Crippen molar-refractivity contribution in [2.45, 2.75) is 25.8 Å². The monoisotopic (exact) mass is 306 g/mol. The molecule has 1 atom stereocenters. The van der Waals surface area contributed by atoms with Crippen LogP contribution in [-0.2, 0) is 17.6 Å². The minimum absolute atomic E-state index is 0.0102. The number of hydrogen-bond acceptors (Lipinski definition) is 3. The van der Waals surface area contributed by atoms with Gasteiger partial charge in [-0.2, -0.15) is 5.26 Å². The number of hydrogen-bond donors (Lipinski definition) is 0. The Kier molecular flexibility index (Phi) is 4.29. The Morgan fingerprint density at radius 3 is 2.74 bits per heavy atom. The van der Waals surface area contributed by atoms with Crippen molar-refractivity contribution in [1.29, 1.82) is 5.26 Å². The first-order chi connectivity index (χ1) is 11.2. The standard InChI is InChI=1S/C19H18N2O2/c1-14-12-16-4-2-3-5-18(16)21(14)19(22)13-23-17-8-6-15(7-9-17)10-11-20/h2-9,14H,10,12-13H2,1H3. The summed E-state index contributed by atoms with van der Waals surface area (Å²) < 4.78 is 5.60. The van der Waals surface area contributed by atoms with Crippen LogP contribution in [0.4, 0.5) is 5.69 Å². The molecule has 4 nitrogen and oxygen atoms in total. The molecule has 1 unspecified atom stereocenters. The van der Waals surface area contributed by atoms with E-state index in [-0.39, 0.29) is 18.6 Å². The van der Waals surface area contributed by atoms with E-state index in [1.54, 1.807) is 12.1 Å². The summed E-state index contributed by atoms with van der Waals surface area (Å²) >= 11 is 0. The summed E-state index contributed by atoms with van der Waals surface area (Å²) in [5.41, 5.74) is 3.13. The minimum Gasteiger partial charge on any atom is -0.484 e. The van der Waals surface area contributed by atoms with Crippen LogP contribution in [0.1, 0.15) is 18.1 Å². The highest BCUT2D eigenvalue weighted by atomic mass is 16.5. The van der Waals surface area contributed by atoms with Crippen LogP contribution in [0.25, 0.3) is 0 Å². The van der Waals surface area contributed by atoms with E-state index in [1.807, 2.05) is 35.2 Å². The van der Waals surface area contributed by atoms with Gasteiger partial charge in [0.1, 0.15) is 5.75 Å². The third kappa shape index (κ3) is 3.19. The minimum atomic E-state index is -0.0384. The third-order valence-corrected chi connectivity index (χ3v) is 4.04. The van der Waals surface area contributed by atoms with Crippen LogP contribution in [-0.4, -0.2) is 18.6 Å². The average molecular weight is 306 g/mol. The molecule has 23 heavy (non-hydrogen) atoms. The molecule has 0 N–H and O–H groups in total. The van der Waals surface area contributed by atoms with E-state index in [2.05, 4.69) is 19.1 Å². The number of nitrogens with zero attached hydrogens (tertiary/aromatic N) is 2. The van der Waals surface area contributed by atoms with Crippen LogP contribution in [0.3, 0.4) is 0 Å². The van der Waals surface area contributed by atoms with Crippen molar-refractivity contribution < 1.29 is 9.53 Å². The van der Waals surface area contributed by atoms with Crippen molar-refractivity contribution in [2.75, 3.05) is 11.5 Å². The lowest BCUT2D eigenvalue weighted by Gasteiger charge is -2.22. The summed E-state index contributed by atoms with van der Waals surface area (Å²) in [6, 6.07) is 17.5. The van der Waals surface area contributed by atoms with Gasteiger partial charge in [0.25, 0.3) is 5.91 Å². The molecule has 3 rings (SSSR count). The number of para-hydroxylation sites is 1. The van der Waals surface area contributed by atoms with Crippen molar-refractivity contribution in [3.05, 3.63) is 59.7 Å². The van der Waals surface area contributed by atoms with Crippen LogP contribution < -0.4 is 9.64 Å². The van der Waals surface area contributed by atoms with Crippen molar-refractivity contribution in [2.24, 2.45) is 0 Å². The summed E-state index contributed by atoms with van der Waals surface area (Å²) in [5, 5.41) is 8.66. The molecule has 1 aliphatic heterocycles. The predicted molar refractivity (Wildman–Crippen MR) is 88.3 cm³/mol. The van der Waals surface area contributed by atoms with Crippen LogP contribution in [0, 0.1) is 11.3 Å². The molecule has 4 heteroatoms. The molecular formula is C19H18N2O2. The normalized spacial score (nSPS) is 15.8. The van der Waals surface area contributed by atoms with Gasteiger partial charge < -0.3 is 9.64 Å². The molecule has 1 amide bonds. The zero-order valence-corrected chi connectivity index (χ0v) is 13.0. The van der Waals surface area contributed by atoms with Gasteiger partial charge in [-0.15, -0.1) is 0 Å². The molecule has 0 fully saturated rings. The number of fused-ring (bicyclic) bond motifs is 1. The number of carbonyl (C=O) groups is 1. The van der Waals surface area contributed by atoms with Crippen LogP contribution >= 0.6 is 0 Å².